The summed E-state index contributed by atoms with van der Waals surface area (Å²) >= 11 is 1.52. The van der Waals surface area contributed by atoms with Crippen LogP contribution in [0, 0.1) is 5.92 Å². The minimum absolute atomic E-state index is 0.0691. The third-order valence-electron chi connectivity index (χ3n) is 7.23. The van der Waals surface area contributed by atoms with Crippen LogP contribution in [0.15, 0.2) is 22.7 Å². The molecule has 1 fully saturated rings. The van der Waals surface area contributed by atoms with E-state index in [4.69, 9.17) is 18.7 Å². The van der Waals surface area contributed by atoms with Crippen LogP contribution in [-0.4, -0.2) is 60.8 Å². The number of piperidine rings is 1. The number of fused-ring (bicyclic) bond motifs is 1. The molecular formula is C28H34N4O6S. The van der Waals surface area contributed by atoms with Gasteiger partial charge >= 0.3 is 5.97 Å². The van der Waals surface area contributed by atoms with Crippen LogP contribution in [0.5, 0.6) is 11.5 Å². The third kappa shape index (κ3) is 5.94. The molecule has 5 rings (SSSR count). The molecule has 1 amide bonds. The summed E-state index contributed by atoms with van der Waals surface area (Å²) in [5.74, 6) is 1.53. The second kappa shape index (κ2) is 12.2. The molecule has 0 spiro atoms. The SMILES string of the molecule is CCOC(=O)c1c(NC(=O)C2CCCN(Cc3nc(-c4ccc(OC)c(OC)c4)no3)C2)sc2c1CCCC2. The van der Waals surface area contributed by atoms with Gasteiger partial charge < -0.3 is 24.1 Å². The number of aromatic nitrogens is 2. The minimum atomic E-state index is -0.348. The molecule has 3 aromatic rings. The first kappa shape index (κ1) is 27.1. The Balaban J connectivity index is 1.25. The van der Waals surface area contributed by atoms with Crippen LogP contribution in [0.25, 0.3) is 11.4 Å². The van der Waals surface area contributed by atoms with Gasteiger partial charge in [0.05, 0.1) is 38.9 Å². The summed E-state index contributed by atoms with van der Waals surface area (Å²) in [6, 6.07) is 5.46. The van der Waals surface area contributed by atoms with E-state index in [0.717, 1.165) is 56.2 Å². The summed E-state index contributed by atoms with van der Waals surface area (Å²) in [7, 11) is 3.17. The number of hydrogen-bond acceptors (Lipinski definition) is 10. The number of methoxy groups -OCH3 is 2. The number of rotatable bonds is 9. The molecule has 11 heteroatoms. The van der Waals surface area contributed by atoms with E-state index in [2.05, 4.69) is 20.4 Å². The van der Waals surface area contributed by atoms with Gasteiger partial charge in [-0.3, -0.25) is 9.69 Å². The lowest BCUT2D eigenvalue weighted by atomic mass is 9.95. The summed E-state index contributed by atoms with van der Waals surface area (Å²) in [5.41, 5.74) is 2.35. The molecule has 39 heavy (non-hydrogen) atoms. The van der Waals surface area contributed by atoms with E-state index in [1.54, 1.807) is 27.2 Å². The summed E-state index contributed by atoms with van der Waals surface area (Å²) < 4.78 is 21.5. The lowest BCUT2D eigenvalue weighted by Crippen LogP contribution is -2.40. The van der Waals surface area contributed by atoms with Crippen LogP contribution in [0.3, 0.4) is 0 Å². The maximum absolute atomic E-state index is 13.4. The van der Waals surface area contributed by atoms with Crippen molar-refractivity contribution in [3.05, 3.63) is 40.1 Å². The highest BCUT2D eigenvalue weighted by Gasteiger charge is 2.31. The Hall–Kier alpha value is -3.44. The Morgan fingerprint density at radius 1 is 1.15 bits per heavy atom. The van der Waals surface area contributed by atoms with Crippen LogP contribution in [0.2, 0.25) is 0 Å². The predicted molar refractivity (Wildman–Crippen MR) is 146 cm³/mol. The molecule has 3 heterocycles. The number of ether oxygens (including phenoxy) is 3. The van der Waals surface area contributed by atoms with E-state index in [1.165, 1.54) is 16.2 Å². The van der Waals surface area contributed by atoms with Gasteiger partial charge in [0.1, 0.15) is 5.00 Å². The van der Waals surface area contributed by atoms with Crippen LogP contribution < -0.4 is 14.8 Å². The van der Waals surface area contributed by atoms with Crippen molar-refractivity contribution in [3.63, 3.8) is 0 Å². The molecule has 1 aliphatic heterocycles. The highest BCUT2D eigenvalue weighted by atomic mass is 32.1. The number of nitrogens with one attached hydrogen (secondary N) is 1. The van der Waals surface area contributed by atoms with Crippen LogP contribution in [0.1, 0.15) is 59.3 Å². The fraction of sp³-hybridized carbons (Fsp3) is 0.500. The molecule has 0 bridgehead atoms. The van der Waals surface area contributed by atoms with Crippen molar-refractivity contribution in [1.29, 1.82) is 0 Å². The van der Waals surface area contributed by atoms with E-state index in [9.17, 15) is 9.59 Å². The average Bonchev–Trinajstić information content (AvgIpc) is 3.57. The van der Waals surface area contributed by atoms with E-state index in [1.807, 2.05) is 12.1 Å². The largest absolute Gasteiger partial charge is 0.493 e. The fourth-order valence-corrected chi connectivity index (χ4v) is 6.58. The summed E-state index contributed by atoms with van der Waals surface area (Å²) in [4.78, 5) is 34.0. The van der Waals surface area contributed by atoms with Crippen molar-refractivity contribution in [2.45, 2.75) is 52.0 Å². The zero-order valence-corrected chi connectivity index (χ0v) is 23.4. The van der Waals surface area contributed by atoms with Crippen molar-refractivity contribution < 1.29 is 28.3 Å². The first-order chi connectivity index (χ1) is 19.0. The highest BCUT2D eigenvalue weighted by Crippen LogP contribution is 2.39. The predicted octanol–water partition coefficient (Wildman–Crippen LogP) is 4.72. The maximum atomic E-state index is 13.4. The molecule has 208 valence electrons. The number of nitrogens with zero attached hydrogens (tertiary/aromatic N) is 3. The molecule has 2 aliphatic rings. The molecule has 1 N–H and O–H groups in total. The van der Waals surface area contributed by atoms with E-state index in [-0.39, 0.29) is 17.8 Å². The molecule has 1 unspecified atom stereocenters. The number of esters is 1. The maximum Gasteiger partial charge on any atom is 0.341 e. The first-order valence-corrected chi connectivity index (χ1v) is 14.2. The molecule has 1 saturated heterocycles. The second-order valence-electron chi connectivity index (χ2n) is 9.78. The summed E-state index contributed by atoms with van der Waals surface area (Å²) in [6.07, 6.45) is 5.59. The number of carbonyl (C=O) groups is 2. The van der Waals surface area contributed by atoms with Gasteiger partial charge in [0.15, 0.2) is 11.5 Å². The van der Waals surface area contributed by atoms with E-state index >= 15 is 0 Å². The Labute approximate surface area is 231 Å². The Morgan fingerprint density at radius 3 is 2.77 bits per heavy atom. The lowest BCUT2D eigenvalue weighted by molar-refractivity contribution is -0.121. The van der Waals surface area contributed by atoms with Gasteiger partial charge in [-0.25, -0.2) is 4.79 Å². The highest BCUT2D eigenvalue weighted by molar-refractivity contribution is 7.17. The number of aryl methyl sites for hydroxylation is 1. The van der Waals surface area contributed by atoms with Crippen molar-refractivity contribution in [2.75, 3.05) is 39.2 Å². The van der Waals surface area contributed by atoms with Crippen molar-refractivity contribution in [1.82, 2.24) is 15.0 Å². The van der Waals surface area contributed by atoms with Crippen molar-refractivity contribution >= 4 is 28.2 Å². The minimum Gasteiger partial charge on any atom is -0.493 e. The number of thiophene rings is 1. The molecular weight excluding hydrogens is 520 g/mol. The van der Waals surface area contributed by atoms with Gasteiger partial charge in [0, 0.05) is 17.0 Å². The zero-order chi connectivity index (χ0) is 27.4. The van der Waals surface area contributed by atoms with Gasteiger partial charge in [0.25, 0.3) is 0 Å². The van der Waals surface area contributed by atoms with Crippen molar-refractivity contribution in [2.24, 2.45) is 5.92 Å². The average molecular weight is 555 g/mol. The second-order valence-corrected chi connectivity index (χ2v) is 10.9. The lowest BCUT2D eigenvalue weighted by Gasteiger charge is -2.30. The van der Waals surface area contributed by atoms with Crippen LogP contribution in [0.4, 0.5) is 5.00 Å². The summed E-state index contributed by atoms with van der Waals surface area (Å²) in [6.45, 7) is 3.95. The number of benzene rings is 1. The van der Waals surface area contributed by atoms with E-state index < -0.39 is 0 Å². The number of likely N-dealkylation sites (tertiary alicyclic amines) is 1. The van der Waals surface area contributed by atoms with Gasteiger partial charge in [-0.1, -0.05) is 5.16 Å². The fourth-order valence-electron chi connectivity index (χ4n) is 5.30. The Morgan fingerprint density at radius 2 is 1.97 bits per heavy atom. The normalized spacial score (nSPS) is 17.4. The molecule has 0 radical (unpaired) electrons. The Bertz CT molecular complexity index is 1340. The number of anilines is 1. The van der Waals surface area contributed by atoms with E-state index in [0.29, 0.717) is 53.5 Å². The third-order valence-corrected chi connectivity index (χ3v) is 8.44. The van der Waals surface area contributed by atoms with Gasteiger partial charge in [-0.2, -0.15) is 4.98 Å². The molecule has 0 saturated carbocycles. The standard InChI is InChI=1S/C28H34N4O6S/c1-4-37-28(34)24-19-9-5-6-10-22(19)39-27(24)30-26(33)18-8-7-13-32(15-18)16-23-29-25(31-38-23)17-11-12-20(35-2)21(14-17)36-3/h11-12,14,18H,4-10,13,15-16H2,1-3H3,(H,30,33). The molecule has 1 aromatic carbocycles. The zero-order valence-electron chi connectivity index (χ0n) is 22.6. The van der Waals surface area contributed by atoms with Gasteiger partial charge in [-0.15, -0.1) is 11.3 Å². The number of carbonyl (C=O) groups excluding carboxylic acids is 2. The molecule has 10 nitrogen and oxygen atoms in total. The first-order valence-electron chi connectivity index (χ1n) is 13.4. The molecule has 1 atom stereocenters. The topological polar surface area (TPSA) is 116 Å². The Kier molecular flexibility index (Phi) is 8.47. The van der Waals surface area contributed by atoms with Crippen LogP contribution in [-0.2, 0) is 28.9 Å². The van der Waals surface area contributed by atoms with Gasteiger partial charge in [-0.05, 0) is 75.8 Å². The smallest absolute Gasteiger partial charge is 0.341 e. The number of amides is 1. The monoisotopic (exact) mass is 554 g/mol. The molecule has 2 aromatic heterocycles. The quantitative estimate of drug-likeness (QED) is 0.375. The number of hydrogen-bond donors (Lipinski definition) is 1. The van der Waals surface area contributed by atoms with Crippen LogP contribution >= 0.6 is 11.3 Å². The van der Waals surface area contributed by atoms with Crippen molar-refractivity contribution in [3.8, 4) is 22.9 Å². The van der Waals surface area contributed by atoms with Gasteiger partial charge in [0.2, 0.25) is 17.6 Å². The molecule has 1 aliphatic carbocycles. The summed E-state index contributed by atoms with van der Waals surface area (Å²) in [5, 5.41) is 7.84.